The van der Waals surface area contributed by atoms with Crippen LogP contribution in [0, 0.1) is 0 Å². The van der Waals surface area contributed by atoms with Crippen molar-refractivity contribution < 1.29 is 22.8 Å². The number of aliphatic hydroxyl groups is 1. The van der Waals surface area contributed by atoms with E-state index in [9.17, 15) is 8.42 Å². The lowest BCUT2D eigenvalue weighted by Gasteiger charge is -2.10. The van der Waals surface area contributed by atoms with E-state index in [1.54, 1.807) is 6.92 Å². The van der Waals surface area contributed by atoms with Gasteiger partial charge < -0.3 is 9.84 Å². The lowest BCUT2D eigenvalue weighted by atomic mass is 10.5. The number of rotatable bonds is 5. The van der Waals surface area contributed by atoms with Crippen molar-refractivity contribution in [3.8, 4) is 0 Å². The Kier molecular flexibility index (Phi) is 4.58. The molecule has 0 saturated heterocycles. The van der Waals surface area contributed by atoms with Crippen LogP contribution in [0.15, 0.2) is 0 Å². The SMILES string of the molecule is CCC(OCCO)S(=O)(=O)O. The molecule has 0 aliphatic carbocycles. The molecule has 11 heavy (non-hydrogen) atoms. The van der Waals surface area contributed by atoms with Crippen LogP contribution in [0.1, 0.15) is 13.3 Å². The van der Waals surface area contributed by atoms with E-state index >= 15 is 0 Å². The molecule has 0 aliphatic rings. The summed E-state index contributed by atoms with van der Waals surface area (Å²) in [4.78, 5) is 0. The summed E-state index contributed by atoms with van der Waals surface area (Å²) < 4.78 is 33.9. The van der Waals surface area contributed by atoms with Gasteiger partial charge in [-0.25, -0.2) is 0 Å². The fourth-order valence-corrected chi connectivity index (χ4v) is 1.29. The van der Waals surface area contributed by atoms with Gasteiger partial charge in [0.25, 0.3) is 10.1 Å². The molecule has 0 aromatic rings. The standard InChI is InChI=1S/C5H12O5S/c1-2-5(10-4-3-6)11(7,8)9/h5-6H,2-4H2,1H3,(H,7,8,9). The summed E-state index contributed by atoms with van der Waals surface area (Å²) >= 11 is 0. The number of hydrogen-bond donors (Lipinski definition) is 2. The molecule has 0 spiro atoms. The smallest absolute Gasteiger partial charge is 0.292 e. The fraction of sp³-hybridized carbons (Fsp3) is 1.00. The molecular weight excluding hydrogens is 172 g/mol. The molecule has 1 unspecified atom stereocenters. The predicted molar refractivity (Wildman–Crippen MR) is 38.7 cm³/mol. The van der Waals surface area contributed by atoms with Crippen molar-refractivity contribution in [3.63, 3.8) is 0 Å². The van der Waals surface area contributed by atoms with Crippen LogP contribution in [-0.2, 0) is 14.9 Å². The highest BCUT2D eigenvalue weighted by atomic mass is 32.2. The Hall–Kier alpha value is -0.170. The first kappa shape index (κ1) is 10.8. The van der Waals surface area contributed by atoms with Gasteiger partial charge in [0.15, 0.2) is 5.44 Å². The number of hydrogen-bond acceptors (Lipinski definition) is 4. The summed E-state index contributed by atoms with van der Waals surface area (Å²) in [5.41, 5.74) is -1.21. The molecule has 68 valence electrons. The van der Waals surface area contributed by atoms with E-state index in [1.165, 1.54) is 0 Å². The van der Waals surface area contributed by atoms with Gasteiger partial charge in [0.1, 0.15) is 0 Å². The van der Waals surface area contributed by atoms with Crippen LogP contribution in [0.2, 0.25) is 0 Å². The third kappa shape index (κ3) is 4.31. The Bertz CT molecular complexity index is 185. The van der Waals surface area contributed by atoms with Crippen molar-refractivity contribution >= 4 is 10.1 Å². The predicted octanol–water partition coefficient (Wildman–Crippen LogP) is -0.381. The molecule has 0 fully saturated rings. The monoisotopic (exact) mass is 184 g/mol. The van der Waals surface area contributed by atoms with Gasteiger partial charge in [-0.05, 0) is 6.42 Å². The van der Waals surface area contributed by atoms with Gasteiger partial charge in [-0.2, -0.15) is 8.42 Å². The Morgan fingerprint density at radius 2 is 2.09 bits per heavy atom. The highest BCUT2D eigenvalue weighted by Crippen LogP contribution is 2.04. The summed E-state index contributed by atoms with van der Waals surface area (Å²) in [5.74, 6) is 0. The molecule has 0 rings (SSSR count). The molecule has 0 heterocycles. The van der Waals surface area contributed by atoms with Gasteiger partial charge >= 0.3 is 0 Å². The topological polar surface area (TPSA) is 83.8 Å². The lowest BCUT2D eigenvalue weighted by molar-refractivity contribution is 0.0645. The summed E-state index contributed by atoms with van der Waals surface area (Å²) in [6.07, 6.45) is 0.166. The van der Waals surface area contributed by atoms with Crippen LogP contribution in [0.5, 0.6) is 0 Å². The quantitative estimate of drug-likeness (QED) is 0.569. The molecule has 0 amide bonds. The number of ether oxygens (including phenoxy) is 1. The highest BCUT2D eigenvalue weighted by molar-refractivity contribution is 7.86. The van der Waals surface area contributed by atoms with E-state index in [1.807, 2.05) is 0 Å². The van der Waals surface area contributed by atoms with E-state index in [0.717, 1.165) is 0 Å². The second-order valence-electron chi connectivity index (χ2n) is 1.95. The maximum absolute atomic E-state index is 10.4. The van der Waals surface area contributed by atoms with Gasteiger partial charge in [-0.1, -0.05) is 6.92 Å². The van der Waals surface area contributed by atoms with Crippen molar-refractivity contribution in [3.05, 3.63) is 0 Å². The summed E-state index contributed by atoms with van der Waals surface area (Å²) in [6.45, 7) is 1.22. The average molecular weight is 184 g/mol. The summed E-state index contributed by atoms with van der Waals surface area (Å²) in [7, 11) is -4.12. The molecule has 1 atom stereocenters. The van der Waals surface area contributed by atoms with Gasteiger partial charge in [-0.15, -0.1) is 0 Å². The molecule has 0 saturated carbocycles. The van der Waals surface area contributed by atoms with Crippen molar-refractivity contribution in [1.29, 1.82) is 0 Å². The average Bonchev–Trinajstić information content (AvgIpc) is 1.87. The molecule has 0 aromatic carbocycles. The lowest BCUT2D eigenvalue weighted by Crippen LogP contribution is -2.24. The normalized spacial score (nSPS) is 14.8. The molecule has 0 bridgehead atoms. The van der Waals surface area contributed by atoms with Crippen molar-refractivity contribution in [1.82, 2.24) is 0 Å². The van der Waals surface area contributed by atoms with Gasteiger partial charge in [-0.3, -0.25) is 4.55 Å². The van der Waals surface area contributed by atoms with E-state index < -0.39 is 15.6 Å². The zero-order valence-corrected chi connectivity index (χ0v) is 7.04. The van der Waals surface area contributed by atoms with E-state index in [-0.39, 0.29) is 19.6 Å². The Morgan fingerprint density at radius 3 is 2.36 bits per heavy atom. The second kappa shape index (κ2) is 4.66. The zero-order chi connectivity index (χ0) is 8.91. The number of aliphatic hydroxyl groups excluding tert-OH is 1. The zero-order valence-electron chi connectivity index (χ0n) is 6.23. The van der Waals surface area contributed by atoms with E-state index in [4.69, 9.17) is 9.66 Å². The molecule has 0 radical (unpaired) electrons. The van der Waals surface area contributed by atoms with Gasteiger partial charge in [0.2, 0.25) is 0 Å². The molecule has 6 heteroatoms. The Morgan fingerprint density at radius 1 is 1.55 bits per heavy atom. The van der Waals surface area contributed by atoms with Crippen molar-refractivity contribution in [2.75, 3.05) is 13.2 Å². The molecule has 0 aromatic heterocycles. The maximum atomic E-state index is 10.4. The van der Waals surface area contributed by atoms with Gasteiger partial charge in [0.05, 0.1) is 13.2 Å². The second-order valence-corrected chi connectivity index (χ2v) is 3.50. The minimum atomic E-state index is -4.12. The fourth-order valence-electron chi connectivity index (χ4n) is 0.599. The molecule has 5 nitrogen and oxygen atoms in total. The summed E-state index contributed by atoms with van der Waals surface area (Å²) in [6, 6.07) is 0. The Labute approximate surface area is 65.7 Å². The highest BCUT2D eigenvalue weighted by Gasteiger charge is 2.20. The van der Waals surface area contributed by atoms with Gasteiger partial charge in [0, 0.05) is 0 Å². The van der Waals surface area contributed by atoms with Crippen LogP contribution in [0.3, 0.4) is 0 Å². The third-order valence-corrected chi connectivity index (χ3v) is 2.19. The van der Waals surface area contributed by atoms with Crippen LogP contribution >= 0.6 is 0 Å². The van der Waals surface area contributed by atoms with Crippen LogP contribution < -0.4 is 0 Å². The van der Waals surface area contributed by atoms with E-state index in [2.05, 4.69) is 4.74 Å². The maximum Gasteiger partial charge on any atom is 0.292 e. The molecule has 0 aliphatic heterocycles. The van der Waals surface area contributed by atoms with Crippen LogP contribution in [0.25, 0.3) is 0 Å². The first-order valence-corrected chi connectivity index (χ1v) is 4.71. The first-order chi connectivity index (χ1) is 5.02. The Balaban J connectivity index is 3.97. The molecule has 2 N–H and O–H groups in total. The van der Waals surface area contributed by atoms with E-state index in [0.29, 0.717) is 0 Å². The first-order valence-electron chi connectivity index (χ1n) is 3.21. The minimum absolute atomic E-state index is 0.0850. The summed E-state index contributed by atoms with van der Waals surface area (Å²) in [5, 5.41) is 8.27. The third-order valence-electron chi connectivity index (χ3n) is 1.06. The van der Waals surface area contributed by atoms with Crippen LogP contribution in [-0.4, -0.2) is 36.7 Å². The largest absolute Gasteiger partial charge is 0.394 e. The minimum Gasteiger partial charge on any atom is -0.394 e. The van der Waals surface area contributed by atoms with Crippen LogP contribution in [0.4, 0.5) is 0 Å². The molecular formula is C5H12O5S. The van der Waals surface area contributed by atoms with Crippen molar-refractivity contribution in [2.24, 2.45) is 0 Å². The van der Waals surface area contributed by atoms with Crippen molar-refractivity contribution in [2.45, 2.75) is 18.8 Å².